The second-order valence-electron chi connectivity index (χ2n) is 8.58. The molecule has 3 heterocycles. The highest BCUT2D eigenvalue weighted by molar-refractivity contribution is 5.92. The van der Waals surface area contributed by atoms with Crippen LogP contribution in [-0.2, 0) is 11.8 Å². The number of aryl methyl sites for hydroxylation is 1. The lowest BCUT2D eigenvalue weighted by atomic mass is 9.48. The number of carbonyl (C=O) groups excluding carboxylic acids is 1. The summed E-state index contributed by atoms with van der Waals surface area (Å²) in [6.07, 6.45) is 4.72. The summed E-state index contributed by atoms with van der Waals surface area (Å²) in [6, 6.07) is 0. The lowest BCUT2D eigenvalue weighted by Gasteiger charge is -2.58. The monoisotopic (exact) mass is 332 g/mol. The van der Waals surface area contributed by atoms with E-state index in [9.17, 15) is 4.79 Å². The van der Waals surface area contributed by atoms with Gasteiger partial charge in [-0.25, -0.2) is 4.98 Å². The molecule has 1 amide bonds. The fraction of sp³-hybridized carbons (Fsp3) is 0.778. The zero-order valence-electron chi connectivity index (χ0n) is 15.0. The van der Waals surface area contributed by atoms with Gasteiger partial charge in [-0.1, -0.05) is 13.8 Å². The smallest absolute Gasteiger partial charge is 0.274 e. The molecule has 2 saturated heterocycles. The third-order valence-corrected chi connectivity index (χ3v) is 6.25. The number of hydrogen-bond donors (Lipinski definition) is 0. The van der Waals surface area contributed by atoms with Gasteiger partial charge in [0.1, 0.15) is 5.69 Å². The fourth-order valence-electron chi connectivity index (χ4n) is 5.38. The minimum absolute atomic E-state index is 0.0853. The van der Waals surface area contributed by atoms with Crippen molar-refractivity contribution in [3.63, 3.8) is 0 Å². The number of likely N-dealkylation sites (tertiary alicyclic amines) is 1. The Hall–Kier alpha value is -1.40. The van der Waals surface area contributed by atoms with E-state index in [0.29, 0.717) is 17.0 Å². The first-order chi connectivity index (χ1) is 11.4. The lowest BCUT2D eigenvalue weighted by Crippen LogP contribution is -2.59. The Morgan fingerprint density at radius 3 is 2.75 bits per heavy atom. The molecule has 3 aliphatic rings. The van der Waals surface area contributed by atoms with E-state index >= 15 is 0 Å². The minimum atomic E-state index is 0.0853. The maximum atomic E-state index is 12.8. The first-order valence-corrected chi connectivity index (χ1v) is 8.97. The van der Waals surface area contributed by atoms with Gasteiger partial charge in [-0.2, -0.15) is 0 Å². The molecule has 4 rings (SSSR count). The highest BCUT2D eigenvalue weighted by atomic mass is 16.5. The zero-order valence-corrected chi connectivity index (χ0v) is 15.0. The molecule has 0 bridgehead atoms. The molecule has 0 N–H and O–H groups in total. The molecule has 0 radical (unpaired) electrons. The van der Waals surface area contributed by atoms with Crippen LogP contribution in [0.2, 0.25) is 0 Å². The summed E-state index contributed by atoms with van der Waals surface area (Å²) >= 11 is 0. The summed E-state index contributed by atoms with van der Waals surface area (Å²) in [5, 5.41) is 0. The quantitative estimate of drug-likeness (QED) is 0.836. The van der Waals surface area contributed by atoms with Gasteiger partial charge in [0, 0.05) is 51.4 Å². The Balaban J connectivity index is 1.51. The Morgan fingerprint density at radius 2 is 2.12 bits per heavy atom. The molecule has 6 heteroatoms. The maximum absolute atomic E-state index is 12.8. The average Bonchev–Trinajstić information content (AvgIpc) is 3.10. The first-order valence-electron chi connectivity index (χ1n) is 8.97. The van der Waals surface area contributed by atoms with Crippen LogP contribution in [0.4, 0.5) is 0 Å². The van der Waals surface area contributed by atoms with Crippen molar-refractivity contribution in [1.82, 2.24) is 19.4 Å². The number of aromatic nitrogens is 2. The minimum Gasteiger partial charge on any atom is -0.379 e. The molecule has 2 atom stereocenters. The van der Waals surface area contributed by atoms with Crippen LogP contribution < -0.4 is 0 Å². The van der Waals surface area contributed by atoms with Crippen molar-refractivity contribution in [3.05, 3.63) is 18.2 Å². The summed E-state index contributed by atoms with van der Waals surface area (Å²) in [7, 11) is 1.90. The van der Waals surface area contributed by atoms with Crippen LogP contribution >= 0.6 is 0 Å². The molecule has 3 fully saturated rings. The molecule has 0 aromatic carbocycles. The first kappa shape index (κ1) is 16.1. The van der Waals surface area contributed by atoms with Gasteiger partial charge in [0.05, 0.1) is 19.5 Å². The molecule has 132 valence electrons. The van der Waals surface area contributed by atoms with Crippen molar-refractivity contribution in [1.29, 1.82) is 0 Å². The zero-order chi connectivity index (χ0) is 16.9. The SMILES string of the molecule is Cn1cnc(C(=O)N2C[C@@H]3C(C)(C)C[C@]3(CN3CCOCC3)C2)c1. The molecule has 0 unspecified atom stereocenters. The van der Waals surface area contributed by atoms with Gasteiger partial charge in [0.2, 0.25) is 0 Å². The Labute approximate surface area is 143 Å². The fourth-order valence-corrected chi connectivity index (χ4v) is 5.38. The van der Waals surface area contributed by atoms with Crippen molar-refractivity contribution in [2.75, 3.05) is 45.9 Å². The number of rotatable bonds is 3. The van der Waals surface area contributed by atoms with Crippen LogP contribution in [0, 0.1) is 16.7 Å². The number of imidazole rings is 1. The van der Waals surface area contributed by atoms with Crippen molar-refractivity contribution >= 4 is 5.91 Å². The van der Waals surface area contributed by atoms with Gasteiger partial charge in [-0.15, -0.1) is 0 Å². The number of carbonyl (C=O) groups is 1. The van der Waals surface area contributed by atoms with Gasteiger partial charge >= 0.3 is 0 Å². The number of hydrogen-bond acceptors (Lipinski definition) is 4. The molecule has 1 aromatic heterocycles. The molecular weight excluding hydrogens is 304 g/mol. The second kappa shape index (κ2) is 5.56. The Morgan fingerprint density at radius 1 is 1.38 bits per heavy atom. The van der Waals surface area contributed by atoms with E-state index in [0.717, 1.165) is 45.9 Å². The third-order valence-electron chi connectivity index (χ3n) is 6.25. The van der Waals surface area contributed by atoms with Crippen LogP contribution in [0.5, 0.6) is 0 Å². The largest absolute Gasteiger partial charge is 0.379 e. The topological polar surface area (TPSA) is 50.6 Å². The van der Waals surface area contributed by atoms with Gasteiger partial charge in [0.15, 0.2) is 0 Å². The van der Waals surface area contributed by atoms with Crippen LogP contribution in [-0.4, -0.2) is 71.2 Å². The number of nitrogens with zero attached hydrogens (tertiary/aromatic N) is 4. The van der Waals surface area contributed by atoms with Gasteiger partial charge in [-0.3, -0.25) is 9.69 Å². The highest BCUT2D eigenvalue weighted by Crippen LogP contribution is 2.63. The summed E-state index contributed by atoms with van der Waals surface area (Å²) in [6.45, 7) is 11.2. The maximum Gasteiger partial charge on any atom is 0.274 e. The van der Waals surface area contributed by atoms with Crippen LogP contribution in [0.3, 0.4) is 0 Å². The van der Waals surface area contributed by atoms with E-state index in [1.165, 1.54) is 6.42 Å². The van der Waals surface area contributed by atoms with Crippen molar-refractivity contribution in [2.45, 2.75) is 20.3 Å². The molecule has 6 nitrogen and oxygen atoms in total. The number of morpholine rings is 1. The number of ether oxygens (including phenoxy) is 1. The lowest BCUT2D eigenvalue weighted by molar-refractivity contribution is -0.0966. The molecule has 24 heavy (non-hydrogen) atoms. The van der Waals surface area contributed by atoms with E-state index in [1.54, 1.807) is 6.33 Å². The molecule has 0 spiro atoms. The van der Waals surface area contributed by atoms with Crippen molar-refractivity contribution in [2.24, 2.45) is 23.8 Å². The average molecular weight is 332 g/mol. The Kier molecular flexibility index (Phi) is 3.73. The van der Waals surface area contributed by atoms with Crippen LogP contribution in [0.25, 0.3) is 0 Å². The standard InChI is InChI=1S/C18H28N4O2/c1-17(2)10-18(11-21-4-6-24-7-5-21)12-22(9-15(17)18)16(23)14-8-20(3)13-19-14/h8,13,15H,4-7,9-12H2,1-3H3/t15-,18+/m1/s1. The summed E-state index contributed by atoms with van der Waals surface area (Å²) in [5.74, 6) is 0.669. The van der Waals surface area contributed by atoms with Crippen molar-refractivity contribution in [3.8, 4) is 0 Å². The molecule has 1 saturated carbocycles. The van der Waals surface area contributed by atoms with E-state index in [-0.39, 0.29) is 11.3 Å². The van der Waals surface area contributed by atoms with E-state index in [1.807, 2.05) is 22.7 Å². The highest BCUT2D eigenvalue weighted by Gasteiger charge is 2.63. The normalized spacial score (nSPS) is 32.5. The van der Waals surface area contributed by atoms with E-state index in [2.05, 4.69) is 23.7 Å². The molecular formula is C18H28N4O2. The van der Waals surface area contributed by atoms with Gasteiger partial charge in [0.25, 0.3) is 5.91 Å². The second-order valence-corrected chi connectivity index (χ2v) is 8.58. The molecule has 1 aliphatic carbocycles. The van der Waals surface area contributed by atoms with Gasteiger partial charge in [-0.05, 0) is 17.8 Å². The third kappa shape index (κ3) is 2.56. The van der Waals surface area contributed by atoms with Gasteiger partial charge < -0.3 is 14.2 Å². The Bertz CT molecular complexity index is 635. The molecule has 1 aromatic rings. The van der Waals surface area contributed by atoms with Crippen molar-refractivity contribution < 1.29 is 9.53 Å². The van der Waals surface area contributed by atoms with E-state index < -0.39 is 0 Å². The molecule has 2 aliphatic heterocycles. The summed E-state index contributed by atoms with van der Waals surface area (Å²) < 4.78 is 7.32. The van der Waals surface area contributed by atoms with E-state index in [4.69, 9.17) is 4.74 Å². The number of amides is 1. The predicted molar refractivity (Wildman–Crippen MR) is 90.7 cm³/mol. The van der Waals surface area contributed by atoms with Crippen LogP contribution in [0.15, 0.2) is 12.5 Å². The predicted octanol–water partition coefficient (Wildman–Crippen LogP) is 1.24. The van der Waals surface area contributed by atoms with Crippen LogP contribution in [0.1, 0.15) is 30.8 Å². The number of fused-ring (bicyclic) bond motifs is 1. The summed E-state index contributed by atoms with van der Waals surface area (Å²) in [4.78, 5) is 21.7. The summed E-state index contributed by atoms with van der Waals surface area (Å²) in [5.41, 5.74) is 1.15.